The van der Waals surface area contributed by atoms with Crippen molar-refractivity contribution < 1.29 is 17.6 Å². The Balaban J connectivity index is 1.62. The van der Waals surface area contributed by atoms with E-state index in [9.17, 15) is 17.6 Å². The summed E-state index contributed by atoms with van der Waals surface area (Å²) < 4.78 is 57.1. The lowest BCUT2D eigenvalue weighted by Gasteiger charge is -2.11. The van der Waals surface area contributed by atoms with Crippen LogP contribution in [-0.4, -0.2) is 29.5 Å². The van der Waals surface area contributed by atoms with Gasteiger partial charge < -0.3 is 10.3 Å². The molecule has 0 saturated carbocycles. The molecule has 3 heterocycles. The van der Waals surface area contributed by atoms with E-state index >= 15 is 0 Å². The van der Waals surface area contributed by atoms with Crippen molar-refractivity contribution in [1.29, 1.82) is 0 Å². The van der Waals surface area contributed by atoms with Gasteiger partial charge in [-0.05, 0) is 36.8 Å². The largest absolute Gasteiger partial charge is 0.416 e. The van der Waals surface area contributed by atoms with Crippen molar-refractivity contribution in [2.45, 2.75) is 19.1 Å². The zero-order valence-corrected chi connectivity index (χ0v) is 17.7. The zero-order chi connectivity index (χ0) is 24.0. The van der Waals surface area contributed by atoms with Crippen molar-refractivity contribution in [3.05, 3.63) is 84.3 Å². The predicted molar refractivity (Wildman–Crippen MR) is 118 cm³/mol. The molecule has 0 amide bonds. The maximum Gasteiger partial charge on any atom is 0.416 e. The lowest BCUT2D eigenvalue weighted by atomic mass is 10.0. The summed E-state index contributed by atoms with van der Waals surface area (Å²) in [6, 6.07) is 10.7. The van der Waals surface area contributed by atoms with E-state index in [0.29, 0.717) is 27.9 Å². The van der Waals surface area contributed by atoms with Crippen LogP contribution in [0.25, 0.3) is 27.8 Å². The molecular formula is C23H17F4N7. The first-order valence-electron chi connectivity index (χ1n) is 10.2. The molecule has 5 aromatic rings. The van der Waals surface area contributed by atoms with Crippen LogP contribution in [0.2, 0.25) is 0 Å². The third-order valence-corrected chi connectivity index (χ3v) is 5.60. The lowest BCUT2D eigenvalue weighted by molar-refractivity contribution is -0.137. The van der Waals surface area contributed by atoms with Gasteiger partial charge in [-0.3, -0.25) is 0 Å². The highest BCUT2D eigenvalue weighted by atomic mass is 19.4. The molecule has 1 unspecified atom stereocenters. The molecule has 172 valence electrons. The topological polar surface area (TPSA) is 87.4 Å². The molecule has 0 spiro atoms. The Bertz CT molecular complexity index is 1500. The SMILES string of the molecule is CC(c1cn(-c2ccccc2F)nn1)n1cc(-c2cccc(C(F)(F)F)c2)c2c(N)ncnc21. The normalized spacial score (nSPS) is 12.9. The molecule has 2 N–H and O–H groups in total. The summed E-state index contributed by atoms with van der Waals surface area (Å²) in [6.45, 7) is 1.82. The Labute approximate surface area is 190 Å². The smallest absolute Gasteiger partial charge is 0.383 e. The van der Waals surface area contributed by atoms with Crippen LogP contribution in [0.15, 0.2) is 67.3 Å². The fourth-order valence-electron chi connectivity index (χ4n) is 3.85. The van der Waals surface area contributed by atoms with E-state index in [1.165, 1.54) is 23.1 Å². The molecule has 0 aliphatic carbocycles. The van der Waals surface area contributed by atoms with Gasteiger partial charge in [0.15, 0.2) is 0 Å². The van der Waals surface area contributed by atoms with Gasteiger partial charge in [-0.15, -0.1) is 5.10 Å². The highest BCUT2D eigenvalue weighted by Crippen LogP contribution is 2.38. The molecule has 34 heavy (non-hydrogen) atoms. The number of hydrogen-bond acceptors (Lipinski definition) is 5. The van der Waals surface area contributed by atoms with Gasteiger partial charge in [-0.25, -0.2) is 19.0 Å². The first-order valence-corrected chi connectivity index (χ1v) is 10.2. The minimum atomic E-state index is -4.49. The Morgan fingerprint density at radius 2 is 1.79 bits per heavy atom. The lowest BCUT2D eigenvalue weighted by Crippen LogP contribution is -2.07. The third-order valence-electron chi connectivity index (χ3n) is 5.60. The van der Waals surface area contributed by atoms with E-state index in [1.54, 1.807) is 41.2 Å². The summed E-state index contributed by atoms with van der Waals surface area (Å²) in [5.41, 5.74) is 7.26. The first kappa shape index (κ1) is 21.6. The number of rotatable bonds is 4. The Hall–Kier alpha value is -4.28. The van der Waals surface area contributed by atoms with Crippen LogP contribution in [-0.2, 0) is 6.18 Å². The number of nitrogens with zero attached hydrogens (tertiary/aromatic N) is 6. The van der Waals surface area contributed by atoms with E-state index < -0.39 is 23.6 Å². The Morgan fingerprint density at radius 1 is 1.00 bits per heavy atom. The molecule has 3 aromatic heterocycles. The maximum atomic E-state index is 14.2. The van der Waals surface area contributed by atoms with Crippen LogP contribution in [0.1, 0.15) is 24.2 Å². The van der Waals surface area contributed by atoms with Crippen molar-refractivity contribution in [2.24, 2.45) is 0 Å². The number of anilines is 1. The summed E-state index contributed by atoms with van der Waals surface area (Å²) in [6.07, 6.45) is 0.0450. The molecule has 1 atom stereocenters. The average molecular weight is 467 g/mol. The van der Waals surface area contributed by atoms with Crippen LogP contribution in [0.5, 0.6) is 0 Å². The van der Waals surface area contributed by atoms with Crippen LogP contribution in [0, 0.1) is 5.82 Å². The van der Waals surface area contributed by atoms with Crippen molar-refractivity contribution in [1.82, 2.24) is 29.5 Å². The molecule has 2 aromatic carbocycles. The molecule has 0 aliphatic heterocycles. The van der Waals surface area contributed by atoms with E-state index in [2.05, 4.69) is 20.3 Å². The number of nitrogen functional groups attached to an aromatic ring is 1. The van der Waals surface area contributed by atoms with E-state index in [0.717, 1.165) is 12.1 Å². The average Bonchev–Trinajstić information content (AvgIpc) is 3.45. The minimum Gasteiger partial charge on any atom is -0.383 e. The number of nitrogens with two attached hydrogens (primary N) is 1. The summed E-state index contributed by atoms with van der Waals surface area (Å²) >= 11 is 0. The molecular weight excluding hydrogens is 450 g/mol. The highest BCUT2D eigenvalue weighted by Gasteiger charge is 2.31. The Kier molecular flexibility index (Phi) is 5.03. The van der Waals surface area contributed by atoms with Crippen LogP contribution in [0.4, 0.5) is 23.4 Å². The second kappa shape index (κ2) is 7.94. The van der Waals surface area contributed by atoms with Crippen molar-refractivity contribution in [2.75, 3.05) is 5.73 Å². The number of halogens is 4. The number of benzene rings is 2. The van der Waals surface area contributed by atoms with Crippen molar-refractivity contribution in [3.8, 4) is 16.8 Å². The third kappa shape index (κ3) is 3.64. The van der Waals surface area contributed by atoms with Crippen molar-refractivity contribution >= 4 is 16.9 Å². The molecule has 0 aliphatic rings. The molecule has 0 bridgehead atoms. The molecule has 5 rings (SSSR count). The van der Waals surface area contributed by atoms with E-state index in [-0.39, 0.29) is 11.5 Å². The van der Waals surface area contributed by atoms with Crippen LogP contribution >= 0.6 is 0 Å². The Morgan fingerprint density at radius 3 is 2.56 bits per heavy atom. The monoisotopic (exact) mass is 467 g/mol. The maximum absolute atomic E-state index is 14.2. The number of aromatic nitrogens is 6. The van der Waals surface area contributed by atoms with Gasteiger partial charge in [0.05, 0.1) is 23.2 Å². The van der Waals surface area contributed by atoms with Crippen LogP contribution < -0.4 is 5.73 Å². The fraction of sp³-hybridized carbons (Fsp3) is 0.130. The molecule has 0 saturated heterocycles. The minimum absolute atomic E-state index is 0.137. The fourth-order valence-corrected chi connectivity index (χ4v) is 3.85. The van der Waals surface area contributed by atoms with Crippen LogP contribution in [0.3, 0.4) is 0 Å². The summed E-state index contributed by atoms with van der Waals surface area (Å²) in [5.74, 6) is -0.316. The molecule has 0 fully saturated rings. The van der Waals surface area contributed by atoms with Gasteiger partial charge in [-0.2, -0.15) is 13.2 Å². The van der Waals surface area contributed by atoms with Gasteiger partial charge in [-0.1, -0.05) is 29.5 Å². The molecule has 0 radical (unpaired) electrons. The predicted octanol–water partition coefficient (Wildman–Crippen LogP) is 5.03. The first-order chi connectivity index (χ1) is 16.2. The number of para-hydroxylation sites is 1. The van der Waals surface area contributed by atoms with Gasteiger partial charge in [0.1, 0.15) is 35.0 Å². The van der Waals surface area contributed by atoms with E-state index in [4.69, 9.17) is 5.73 Å². The standard InChI is InChI=1S/C23H17F4N7/c1-13(18-11-34(32-31-18)19-8-3-2-7-17(19)24)33-10-16(20-21(28)29-12-30-22(20)33)14-5-4-6-15(9-14)23(25,26)27/h2-13H,1H3,(H2,28,29,30). The zero-order valence-electron chi connectivity index (χ0n) is 17.7. The summed E-state index contributed by atoms with van der Waals surface area (Å²) in [4.78, 5) is 8.34. The van der Waals surface area contributed by atoms with Crippen molar-refractivity contribution in [3.63, 3.8) is 0 Å². The molecule has 11 heteroatoms. The van der Waals surface area contributed by atoms with Gasteiger partial charge in [0.25, 0.3) is 0 Å². The molecule has 7 nitrogen and oxygen atoms in total. The highest BCUT2D eigenvalue weighted by molar-refractivity contribution is 6.00. The number of fused-ring (bicyclic) bond motifs is 1. The second-order valence-corrected chi connectivity index (χ2v) is 7.70. The van der Waals surface area contributed by atoms with Gasteiger partial charge >= 0.3 is 6.18 Å². The number of hydrogen-bond donors (Lipinski definition) is 1. The number of alkyl halides is 3. The second-order valence-electron chi connectivity index (χ2n) is 7.70. The van der Waals surface area contributed by atoms with Gasteiger partial charge in [0.2, 0.25) is 0 Å². The quantitative estimate of drug-likeness (QED) is 0.375. The van der Waals surface area contributed by atoms with Gasteiger partial charge in [0, 0.05) is 11.8 Å². The van der Waals surface area contributed by atoms with E-state index in [1.807, 2.05) is 6.92 Å². The summed E-state index contributed by atoms with van der Waals surface area (Å²) in [7, 11) is 0. The summed E-state index contributed by atoms with van der Waals surface area (Å²) in [5, 5.41) is 8.62.